The number of pyridine rings is 1. The fourth-order valence-corrected chi connectivity index (χ4v) is 4.29. The molecule has 27 heavy (non-hydrogen) atoms. The van der Waals surface area contributed by atoms with Crippen LogP contribution < -0.4 is 10.2 Å². The zero-order valence-corrected chi connectivity index (χ0v) is 17.3. The number of rotatable bonds is 7. The molecule has 3 rings (SSSR count). The molecule has 7 heteroatoms. The summed E-state index contributed by atoms with van der Waals surface area (Å²) in [6.07, 6.45) is 6.47. The molecule has 2 aromatic rings. The zero-order chi connectivity index (χ0) is 19.2. The van der Waals surface area contributed by atoms with Crippen molar-refractivity contribution < 1.29 is 4.79 Å². The third-order valence-corrected chi connectivity index (χ3v) is 6.08. The fourth-order valence-electron chi connectivity index (χ4n) is 3.47. The van der Waals surface area contributed by atoms with E-state index in [0.29, 0.717) is 24.7 Å². The average Bonchev–Trinajstić information content (AvgIpc) is 3.08. The molecule has 146 valence electrons. The minimum Gasteiger partial charge on any atom is -0.353 e. The molecule has 1 atom stereocenters. The molecule has 1 aliphatic heterocycles. The standard InChI is InChI=1S/C20H29N5OS/c1-15-14-27-19(23-15)13-25(3)18-8-7-16(12-22-18)20(26)21-10-9-17-6-4-5-11-24(17)2/h7-8,12,14,17H,4-6,9-11,13H2,1-3H3,(H,21,26). The Balaban J connectivity index is 1.48. The Morgan fingerprint density at radius 1 is 1.41 bits per heavy atom. The van der Waals surface area contributed by atoms with Crippen LogP contribution in [0.3, 0.4) is 0 Å². The van der Waals surface area contributed by atoms with E-state index in [2.05, 4.69) is 32.6 Å². The Morgan fingerprint density at radius 2 is 2.26 bits per heavy atom. The van der Waals surface area contributed by atoms with Gasteiger partial charge in [0.2, 0.25) is 0 Å². The highest BCUT2D eigenvalue weighted by molar-refractivity contribution is 7.09. The normalized spacial score (nSPS) is 17.7. The minimum atomic E-state index is -0.0503. The third kappa shape index (κ3) is 5.49. The van der Waals surface area contributed by atoms with Crippen molar-refractivity contribution >= 4 is 23.1 Å². The van der Waals surface area contributed by atoms with Crippen LogP contribution in [0.15, 0.2) is 23.7 Å². The SMILES string of the molecule is Cc1csc(CN(C)c2ccc(C(=O)NCCC3CCCCN3C)cn2)n1. The van der Waals surface area contributed by atoms with Gasteiger partial charge >= 0.3 is 0 Å². The van der Waals surface area contributed by atoms with E-state index in [1.165, 1.54) is 19.3 Å². The molecule has 0 aromatic carbocycles. The number of likely N-dealkylation sites (tertiary alicyclic amines) is 1. The van der Waals surface area contributed by atoms with E-state index in [1.54, 1.807) is 17.5 Å². The van der Waals surface area contributed by atoms with Crippen LogP contribution in [0.25, 0.3) is 0 Å². The van der Waals surface area contributed by atoms with Crippen LogP contribution >= 0.6 is 11.3 Å². The van der Waals surface area contributed by atoms with Gasteiger partial charge in [0.1, 0.15) is 10.8 Å². The van der Waals surface area contributed by atoms with Crippen molar-refractivity contribution in [2.24, 2.45) is 0 Å². The first-order chi connectivity index (χ1) is 13.0. The second-order valence-corrected chi connectivity index (χ2v) is 8.26. The number of nitrogens with zero attached hydrogens (tertiary/aromatic N) is 4. The van der Waals surface area contributed by atoms with Crippen LogP contribution in [0.1, 0.15) is 46.7 Å². The Kier molecular flexibility index (Phi) is 6.79. The minimum absolute atomic E-state index is 0.0503. The quantitative estimate of drug-likeness (QED) is 0.791. The number of aromatic nitrogens is 2. The molecule has 1 amide bonds. The van der Waals surface area contributed by atoms with Gasteiger partial charge in [-0.05, 0) is 51.9 Å². The maximum Gasteiger partial charge on any atom is 0.252 e. The van der Waals surface area contributed by atoms with Crippen LogP contribution in [0.5, 0.6) is 0 Å². The summed E-state index contributed by atoms with van der Waals surface area (Å²) in [6, 6.07) is 4.32. The molecule has 2 aromatic heterocycles. The van der Waals surface area contributed by atoms with Gasteiger partial charge in [0.25, 0.3) is 5.91 Å². The first-order valence-corrected chi connectivity index (χ1v) is 10.5. The predicted octanol–water partition coefficient (Wildman–Crippen LogP) is 3.09. The first kappa shape index (κ1) is 19.8. The van der Waals surface area contributed by atoms with E-state index in [-0.39, 0.29) is 5.91 Å². The van der Waals surface area contributed by atoms with Gasteiger partial charge in [-0.3, -0.25) is 4.79 Å². The van der Waals surface area contributed by atoms with E-state index >= 15 is 0 Å². The van der Waals surface area contributed by atoms with Gasteiger partial charge in [0, 0.05) is 36.9 Å². The molecule has 1 fully saturated rings. The van der Waals surface area contributed by atoms with Crippen LogP contribution in [-0.4, -0.2) is 54.0 Å². The number of anilines is 1. The average molecular weight is 388 g/mol. The second-order valence-electron chi connectivity index (χ2n) is 7.32. The van der Waals surface area contributed by atoms with Crippen LogP contribution in [0.4, 0.5) is 5.82 Å². The lowest BCUT2D eigenvalue weighted by Crippen LogP contribution is -2.39. The summed E-state index contributed by atoms with van der Waals surface area (Å²) in [5.41, 5.74) is 1.65. The molecule has 6 nitrogen and oxygen atoms in total. The van der Waals surface area contributed by atoms with Crippen molar-refractivity contribution in [2.45, 2.75) is 45.2 Å². The molecule has 3 heterocycles. The monoisotopic (exact) mass is 387 g/mol. The highest BCUT2D eigenvalue weighted by Crippen LogP contribution is 2.18. The third-order valence-electron chi connectivity index (χ3n) is 5.12. The number of carbonyl (C=O) groups is 1. The van der Waals surface area contributed by atoms with Gasteiger partial charge in [-0.2, -0.15) is 0 Å². The fraction of sp³-hybridized carbons (Fsp3) is 0.550. The summed E-state index contributed by atoms with van der Waals surface area (Å²) >= 11 is 1.65. The largest absolute Gasteiger partial charge is 0.353 e. The molecule has 1 unspecified atom stereocenters. The summed E-state index contributed by atoms with van der Waals surface area (Å²) in [6.45, 7) is 4.58. The number of amides is 1. The number of aryl methyl sites for hydroxylation is 1. The lowest BCUT2D eigenvalue weighted by atomic mass is 10.0. The van der Waals surface area contributed by atoms with Crippen molar-refractivity contribution in [3.63, 3.8) is 0 Å². The molecule has 1 aliphatic rings. The Morgan fingerprint density at radius 3 is 2.93 bits per heavy atom. The van der Waals surface area contributed by atoms with Crippen molar-refractivity contribution in [1.29, 1.82) is 0 Å². The Labute approximate surface area is 165 Å². The van der Waals surface area contributed by atoms with E-state index in [4.69, 9.17) is 0 Å². The molecule has 0 bridgehead atoms. The number of carbonyl (C=O) groups excluding carboxylic acids is 1. The van der Waals surface area contributed by atoms with Crippen LogP contribution in [-0.2, 0) is 6.54 Å². The lowest BCUT2D eigenvalue weighted by molar-refractivity contribution is 0.0945. The van der Waals surface area contributed by atoms with Crippen molar-refractivity contribution in [2.75, 3.05) is 32.1 Å². The van der Waals surface area contributed by atoms with Gasteiger partial charge in [0.05, 0.1) is 12.1 Å². The molecule has 1 saturated heterocycles. The molecular weight excluding hydrogens is 358 g/mol. The summed E-state index contributed by atoms with van der Waals surface area (Å²) in [7, 11) is 4.16. The topological polar surface area (TPSA) is 61.4 Å². The van der Waals surface area contributed by atoms with Crippen molar-refractivity contribution in [3.05, 3.63) is 40.0 Å². The van der Waals surface area contributed by atoms with Crippen molar-refractivity contribution in [3.8, 4) is 0 Å². The van der Waals surface area contributed by atoms with E-state index in [9.17, 15) is 4.79 Å². The van der Waals surface area contributed by atoms with Gasteiger partial charge in [-0.25, -0.2) is 9.97 Å². The van der Waals surface area contributed by atoms with E-state index in [1.807, 2.05) is 31.0 Å². The highest BCUT2D eigenvalue weighted by atomic mass is 32.1. The number of hydrogen-bond donors (Lipinski definition) is 1. The maximum absolute atomic E-state index is 12.4. The lowest BCUT2D eigenvalue weighted by Gasteiger charge is -2.32. The first-order valence-electron chi connectivity index (χ1n) is 9.59. The maximum atomic E-state index is 12.4. The predicted molar refractivity (Wildman–Crippen MR) is 110 cm³/mol. The van der Waals surface area contributed by atoms with Crippen LogP contribution in [0, 0.1) is 6.92 Å². The summed E-state index contributed by atoms with van der Waals surface area (Å²) in [5.74, 6) is 0.786. The van der Waals surface area contributed by atoms with Gasteiger partial charge in [0.15, 0.2) is 0 Å². The number of thiazole rings is 1. The molecule has 0 aliphatic carbocycles. The second kappa shape index (κ2) is 9.28. The molecule has 0 saturated carbocycles. The summed E-state index contributed by atoms with van der Waals surface area (Å²) in [5, 5.41) is 6.14. The van der Waals surface area contributed by atoms with E-state index in [0.717, 1.165) is 29.5 Å². The Bertz CT molecular complexity index is 745. The molecule has 0 spiro atoms. The number of nitrogens with one attached hydrogen (secondary N) is 1. The molecular formula is C20H29N5OS. The highest BCUT2D eigenvalue weighted by Gasteiger charge is 2.18. The van der Waals surface area contributed by atoms with E-state index < -0.39 is 0 Å². The van der Waals surface area contributed by atoms with Gasteiger partial charge in [-0.15, -0.1) is 11.3 Å². The zero-order valence-electron chi connectivity index (χ0n) is 16.4. The summed E-state index contributed by atoms with van der Waals surface area (Å²) in [4.78, 5) is 25.7. The summed E-state index contributed by atoms with van der Waals surface area (Å²) < 4.78 is 0. The molecule has 1 N–H and O–H groups in total. The van der Waals surface area contributed by atoms with Crippen molar-refractivity contribution in [1.82, 2.24) is 20.2 Å². The molecule has 0 radical (unpaired) electrons. The smallest absolute Gasteiger partial charge is 0.252 e. The van der Waals surface area contributed by atoms with Gasteiger partial charge < -0.3 is 15.1 Å². The number of piperidine rings is 1. The van der Waals surface area contributed by atoms with Crippen LogP contribution in [0.2, 0.25) is 0 Å². The number of hydrogen-bond acceptors (Lipinski definition) is 6. The van der Waals surface area contributed by atoms with Gasteiger partial charge in [-0.1, -0.05) is 6.42 Å². The Hall–Kier alpha value is -1.99.